The van der Waals surface area contributed by atoms with Crippen LogP contribution >= 0.6 is 0 Å². The van der Waals surface area contributed by atoms with Gasteiger partial charge in [-0.1, -0.05) is 0 Å². The molecule has 1 rings (SSSR count). The molecule has 0 fully saturated rings. The predicted octanol–water partition coefficient (Wildman–Crippen LogP) is -0.610. The van der Waals surface area contributed by atoms with Crippen molar-refractivity contribution in [1.29, 1.82) is 0 Å². The lowest BCUT2D eigenvalue weighted by molar-refractivity contribution is 0.125. The van der Waals surface area contributed by atoms with Crippen LogP contribution in [0.4, 0.5) is 0 Å². The third-order valence-corrected chi connectivity index (χ3v) is 1.91. The molecule has 1 aromatic rings. The van der Waals surface area contributed by atoms with Crippen molar-refractivity contribution in [3.8, 4) is 0 Å². The summed E-state index contributed by atoms with van der Waals surface area (Å²) in [4.78, 5) is 0. The highest BCUT2D eigenvalue weighted by atomic mass is 16.5. The van der Waals surface area contributed by atoms with Crippen LogP contribution in [0.15, 0.2) is 18.5 Å². The van der Waals surface area contributed by atoms with E-state index in [-0.39, 0.29) is 18.7 Å². The molecule has 0 saturated heterocycles. The van der Waals surface area contributed by atoms with Gasteiger partial charge in [0, 0.05) is 19.5 Å². The molecule has 0 aliphatic rings. The van der Waals surface area contributed by atoms with E-state index in [9.17, 15) is 0 Å². The number of rotatable bonds is 5. The first-order valence-electron chi connectivity index (χ1n) is 4.14. The maximum absolute atomic E-state index is 9.10. The lowest BCUT2D eigenvalue weighted by Crippen LogP contribution is -2.38. The first-order chi connectivity index (χ1) is 6.29. The Kier molecular flexibility index (Phi) is 3.88. The van der Waals surface area contributed by atoms with E-state index in [0.717, 1.165) is 0 Å². The van der Waals surface area contributed by atoms with Crippen molar-refractivity contribution in [3.05, 3.63) is 18.5 Å². The molecule has 0 aliphatic carbocycles. The van der Waals surface area contributed by atoms with Gasteiger partial charge in [-0.05, 0) is 6.07 Å². The summed E-state index contributed by atoms with van der Waals surface area (Å²) < 4.78 is 6.55. The third kappa shape index (κ3) is 2.51. The molecule has 0 radical (unpaired) electrons. The number of ether oxygens (including phenoxy) is 1. The van der Waals surface area contributed by atoms with Gasteiger partial charge in [0.25, 0.3) is 0 Å². The Morgan fingerprint density at radius 2 is 2.46 bits per heavy atom. The van der Waals surface area contributed by atoms with Crippen LogP contribution in [0.5, 0.6) is 0 Å². The molecule has 0 spiro atoms. The van der Waals surface area contributed by atoms with E-state index in [2.05, 4.69) is 5.10 Å². The van der Waals surface area contributed by atoms with Crippen molar-refractivity contribution in [2.45, 2.75) is 12.1 Å². The van der Waals surface area contributed by atoms with Crippen LogP contribution in [-0.4, -0.2) is 41.3 Å². The van der Waals surface area contributed by atoms with Gasteiger partial charge in [0.2, 0.25) is 0 Å². The molecule has 3 N–H and O–H groups in total. The van der Waals surface area contributed by atoms with Gasteiger partial charge in [-0.25, -0.2) is 0 Å². The minimum Gasteiger partial charge on any atom is -0.394 e. The highest BCUT2D eigenvalue weighted by Gasteiger charge is 2.18. The topological polar surface area (TPSA) is 73.3 Å². The summed E-state index contributed by atoms with van der Waals surface area (Å²) in [7, 11) is 1.58. The monoisotopic (exact) mass is 185 g/mol. The lowest BCUT2D eigenvalue weighted by Gasteiger charge is -2.21. The summed E-state index contributed by atoms with van der Waals surface area (Å²) in [6, 6.07) is 1.34. The summed E-state index contributed by atoms with van der Waals surface area (Å²) in [6.45, 7) is 0.372. The fourth-order valence-electron chi connectivity index (χ4n) is 1.20. The van der Waals surface area contributed by atoms with Crippen LogP contribution in [0, 0.1) is 0 Å². The highest BCUT2D eigenvalue weighted by molar-refractivity contribution is 4.85. The van der Waals surface area contributed by atoms with Crippen molar-refractivity contribution in [3.63, 3.8) is 0 Å². The molecular formula is C8H15N3O2. The number of methoxy groups -OCH3 is 1. The summed E-state index contributed by atoms with van der Waals surface area (Å²) in [5, 5.41) is 13.1. The number of aliphatic hydroxyl groups excluding tert-OH is 1. The Hall–Kier alpha value is -0.910. The Morgan fingerprint density at radius 3 is 2.92 bits per heavy atom. The molecule has 0 aromatic carbocycles. The number of nitrogens with zero attached hydrogens (tertiary/aromatic N) is 2. The predicted molar refractivity (Wildman–Crippen MR) is 48.2 cm³/mol. The van der Waals surface area contributed by atoms with E-state index in [4.69, 9.17) is 15.6 Å². The van der Waals surface area contributed by atoms with Gasteiger partial charge in [0.1, 0.15) is 0 Å². The van der Waals surface area contributed by atoms with Crippen LogP contribution < -0.4 is 5.73 Å². The second-order valence-corrected chi connectivity index (χ2v) is 2.86. The molecule has 0 amide bonds. The van der Waals surface area contributed by atoms with Gasteiger partial charge in [0.15, 0.2) is 0 Å². The molecule has 2 unspecified atom stereocenters. The summed E-state index contributed by atoms with van der Waals surface area (Å²) in [6.07, 6.45) is 3.43. The van der Waals surface area contributed by atoms with Crippen molar-refractivity contribution in [2.75, 3.05) is 20.3 Å². The average Bonchev–Trinajstić information content (AvgIpc) is 2.59. The molecule has 0 bridgehead atoms. The van der Waals surface area contributed by atoms with Crippen LogP contribution in [0.1, 0.15) is 6.04 Å². The van der Waals surface area contributed by atoms with Gasteiger partial charge in [-0.2, -0.15) is 5.10 Å². The molecule has 2 atom stereocenters. The van der Waals surface area contributed by atoms with E-state index >= 15 is 0 Å². The van der Waals surface area contributed by atoms with E-state index in [1.165, 1.54) is 0 Å². The fourth-order valence-corrected chi connectivity index (χ4v) is 1.20. The first kappa shape index (κ1) is 10.2. The number of hydrogen-bond acceptors (Lipinski definition) is 4. The largest absolute Gasteiger partial charge is 0.394 e. The van der Waals surface area contributed by atoms with Crippen LogP contribution in [0.2, 0.25) is 0 Å². The maximum atomic E-state index is 9.10. The quantitative estimate of drug-likeness (QED) is 0.642. The van der Waals surface area contributed by atoms with Crippen LogP contribution in [0.3, 0.4) is 0 Å². The van der Waals surface area contributed by atoms with Crippen molar-refractivity contribution < 1.29 is 9.84 Å². The number of aliphatic hydroxyl groups is 1. The summed E-state index contributed by atoms with van der Waals surface area (Å²) in [5.41, 5.74) is 5.78. The smallest absolute Gasteiger partial charge is 0.0922 e. The standard InChI is InChI=1S/C8H15N3O2/c1-13-6-7(9)8(5-12)11-4-2-3-10-11/h2-4,7-8,12H,5-6,9H2,1H3. The van der Waals surface area contributed by atoms with Crippen LogP contribution in [-0.2, 0) is 4.74 Å². The minimum absolute atomic E-state index is 0.0355. The zero-order valence-electron chi connectivity index (χ0n) is 7.63. The van der Waals surface area contributed by atoms with Gasteiger partial charge in [-0.3, -0.25) is 4.68 Å². The molecule has 5 heteroatoms. The Morgan fingerprint density at radius 1 is 1.69 bits per heavy atom. The average molecular weight is 185 g/mol. The van der Waals surface area contributed by atoms with Gasteiger partial charge in [0.05, 0.1) is 25.3 Å². The second kappa shape index (κ2) is 4.96. The normalized spacial score (nSPS) is 15.6. The summed E-state index contributed by atoms with van der Waals surface area (Å²) >= 11 is 0. The number of hydrogen-bond donors (Lipinski definition) is 2. The van der Waals surface area contributed by atoms with E-state index < -0.39 is 0 Å². The SMILES string of the molecule is COCC(N)C(CO)n1cccn1. The zero-order valence-corrected chi connectivity index (χ0v) is 7.63. The molecule has 0 aliphatic heterocycles. The van der Waals surface area contributed by atoms with E-state index in [1.807, 2.05) is 0 Å². The number of aromatic nitrogens is 2. The Labute approximate surface area is 77.1 Å². The zero-order chi connectivity index (χ0) is 9.68. The molecule has 0 saturated carbocycles. The van der Waals surface area contributed by atoms with Gasteiger partial charge < -0.3 is 15.6 Å². The minimum atomic E-state index is -0.241. The second-order valence-electron chi connectivity index (χ2n) is 2.86. The lowest BCUT2D eigenvalue weighted by atomic mass is 10.1. The molecule has 1 heterocycles. The first-order valence-corrected chi connectivity index (χ1v) is 4.14. The van der Waals surface area contributed by atoms with E-state index in [0.29, 0.717) is 6.61 Å². The molecule has 5 nitrogen and oxygen atoms in total. The van der Waals surface area contributed by atoms with Crippen molar-refractivity contribution >= 4 is 0 Å². The number of nitrogens with two attached hydrogens (primary N) is 1. The maximum Gasteiger partial charge on any atom is 0.0922 e. The molecular weight excluding hydrogens is 170 g/mol. The van der Waals surface area contributed by atoms with E-state index in [1.54, 1.807) is 30.3 Å². The summed E-state index contributed by atoms with van der Waals surface area (Å²) in [5.74, 6) is 0. The van der Waals surface area contributed by atoms with Crippen molar-refractivity contribution in [1.82, 2.24) is 9.78 Å². The van der Waals surface area contributed by atoms with Gasteiger partial charge >= 0.3 is 0 Å². The third-order valence-electron chi connectivity index (χ3n) is 1.91. The Balaban J connectivity index is 2.62. The fraction of sp³-hybridized carbons (Fsp3) is 0.625. The molecule has 1 aromatic heterocycles. The Bertz CT molecular complexity index is 225. The highest BCUT2D eigenvalue weighted by Crippen LogP contribution is 2.07. The molecule has 74 valence electrons. The van der Waals surface area contributed by atoms with Gasteiger partial charge in [-0.15, -0.1) is 0 Å². The van der Waals surface area contributed by atoms with Crippen LogP contribution in [0.25, 0.3) is 0 Å². The molecule has 13 heavy (non-hydrogen) atoms. The van der Waals surface area contributed by atoms with Crippen molar-refractivity contribution in [2.24, 2.45) is 5.73 Å².